The van der Waals surface area contributed by atoms with Crippen molar-refractivity contribution in [3.63, 3.8) is 0 Å². The lowest BCUT2D eigenvalue weighted by atomic mass is 10.2. The summed E-state index contributed by atoms with van der Waals surface area (Å²) in [7, 11) is 0. The Labute approximate surface area is 106 Å². The van der Waals surface area contributed by atoms with Gasteiger partial charge in [-0.2, -0.15) is 0 Å². The van der Waals surface area contributed by atoms with Crippen molar-refractivity contribution in [3.8, 4) is 0 Å². The van der Waals surface area contributed by atoms with Gasteiger partial charge in [0.05, 0.1) is 10.6 Å². The highest BCUT2D eigenvalue weighted by Gasteiger charge is 2.13. The Morgan fingerprint density at radius 2 is 1.89 bits per heavy atom. The van der Waals surface area contributed by atoms with Gasteiger partial charge in [0.1, 0.15) is 10.7 Å². The molecule has 1 aromatic heterocycles. The van der Waals surface area contributed by atoms with Crippen molar-refractivity contribution in [1.82, 2.24) is 0 Å². The van der Waals surface area contributed by atoms with Crippen LogP contribution in [0, 0.1) is 5.82 Å². The predicted molar refractivity (Wildman–Crippen MR) is 65.6 cm³/mol. The van der Waals surface area contributed by atoms with Gasteiger partial charge in [-0.05, 0) is 24.3 Å². The number of nitrogens with one attached hydrogen (secondary N) is 1. The van der Waals surface area contributed by atoms with Crippen LogP contribution in [0.15, 0.2) is 36.4 Å². The van der Waals surface area contributed by atoms with E-state index in [1.54, 1.807) is 6.07 Å². The number of carbonyl (C=O) groups is 2. The maximum absolute atomic E-state index is 13.3. The largest absolute Gasteiger partial charge is 0.477 e. The Balaban J connectivity index is 2.16. The van der Waals surface area contributed by atoms with Crippen molar-refractivity contribution in [2.24, 2.45) is 0 Å². The molecular formula is C12H8FNO3S. The highest BCUT2D eigenvalue weighted by molar-refractivity contribution is 7.18. The molecule has 0 aliphatic rings. The quantitative estimate of drug-likeness (QED) is 0.896. The molecule has 6 heteroatoms. The lowest BCUT2D eigenvalue weighted by molar-refractivity contribution is 0.0702. The van der Waals surface area contributed by atoms with E-state index in [0.717, 1.165) is 11.3 Å². The second-order valence-corrected chi connectivity index (χ2v) is 4.49. The molecule has 0 aliphatic carbocycles. The van der Waals surface area contributed by atoms with Gasteiger partial charge in [0.15, 0.2) is 0 Å². The molecule has 2 N–H and O–H groups in total. The average molecular weight is 265 g/mol. The van der Waals surface area contributed by atoms with Crippen LogP contribution in [0.4, 0.5) is 9.39 Å². The van der Waals surface area contributed by atoms with Gasteiger partial charge in [0.2, 0.25) is 0 Å². The number of carbonyl (C=O) groups excluding carboxylic acids is 1. The fourth-order valence-electron chi connectivity index (χ4n) is 1.34. The van der Waals surface area contributed by atoms with Crippen LogP contribution in [0.3, 0.4) is 0 Å². The van der Waals surface area contributed by atoms with Crippen molar-refractivity contribution in [2.45, 2.75) is 0 Å². The summed E-state index contributed by atoms with van der Waals surface area (Å²) in [6.45, 7) is 0. The summed E-state index contributed by atoms with van der Waals surface area (Å²) in [5, 5.41) is 11.5. The first-order valence-electron chi connectivity index (χ1n) is 4.97. The number of anilines is 1. The maximum atomic E-state index is 13.3. The topological polar surface area (TPSA) is 66.4 Å². The van der Waals surface area contributed by atoms with Gasteiger partial charge in [-0.25, -0.2) is 9.18 Å². The number of benzene rings is 1. The maximum Gasteiger partial charge on any atom is 0.345 e. The number of aromatic carboxylic acids is 1. The normalized spacial score (nSPS) is 10.1. The molecule has 0 saturated heterocycles. The van der Waals surface area contributed by atoms with Gasteiger partial charge in [0.25, 0.3) is 5.91 Å². The second kappa shape index (κ2) is 4.97. The van der Waals surface area contributed by atoms with E-state index in [2.05, 4.69) is 5.32 Å². The van der Waals surface area contributed by atoms with E-state index < -0.39 is 17.7 Å². The molecule has 18 heavy (non-hydrogen) atoms. The summed E-state index contributed by atoms with van der Waals surface area (Å²) < 4.78 is 13.3. The molecule has 1 amide bonds. The summed E-state index contributed by atoms with van der Waals surface area (Å²) >= 11 is 0.916. The fraction of sp³-hybridized carbons (Fsp3) is 0. The monoisotopic (exact) mass is 265 g/mol. The van der Waals surface area contributed by atoms with Crippen LogP contribution >= 0.6 is 11.3 Å². The van der Waals surface area contributed by atoms with Crippen molar-refractivity contribution >= 4 is 28.2 Å². The smallest absolute Gasteiger partial charge is 0.345 e. The highest BCUT2D eigenvalue weighted by atomic mass is 32.1. The van der Waals surface area contributed by atoms with Gasteiger partial charge in [-0.15, -0.1) is 11.3 Å². The van der Waals surface area contributed by atoms with Crippen LogP contribution < -0.4 is 5.32 Å². The van der Waals surface area contributed by atoms with E-state index in [1.165, 1.54) is 30.3 Å². The molecule has 0 bridgehead atoms. The number of rotatable bonds is 3. The molecule has 4 nitrogen and oxygen atoms in total. The second-order valence-electron chi connectivity index (χ2n) is 3.40. The van der Waals surface area contributed by atoms with Crippen LogP contribution in [0.5, 0.6) is 0 Å². The molecule has 0 radical (unpaired) electrons. The van der Waals surface area contributed by atoms with Crippen molar-refractivity contribution < 1.29 is 19.1 Å². The van der Waals surface area contributed by atoms with E-state index >= 15 is 0 Å². The molecule has 0 aliphatic heterocycles. The van der Waals surface area contributed by atoms with E-state index in [0.29, 0.717) is 5.00 Å². The first-order valence-corrected chi connectivity index (χ1v) is 5.78. The van der Waals surface area contributed by atoms with Crippen molar-refractivity contribution in [1.29, 1.82) is 0 Å². The zero-order valence-corrected chi connectivity index (χ0v) is 9.83. The summed E-state index contributed by atoms with van der Waals surface area (Å²) in [6.07, 6.45) is 0. The number of hydrogen-bond acceptors (Lipinski definition) is 3. The average Bonchev–Trinajstić information content (AvgIpc) is 2.78. The third kappa shape index (κ3) is 2.54. The number of halogens is 1. The lowest BCUT2D eigenvalue weighted by Crippen LogP contribution is -2.12. The van der Waals surface area contributed by atoms with Gasteiger partial charge in [-0.3, -0.25) is 4.79 Å². The molecule has 2 aromatic rings. The Morgan fingerprint density at radius 1 is 1.17 bits per heavy atom. The van der Waals surface area contributed by atoms with E-state index in [4.69, 9.17) is 5.11 Å². The number of thiophene rings is 1. The molecule has 0 saturated carbocycles. The molecule has 1 aromatic carbocycles. The molecule has 2 rings (SSSR count). The molecule has 0 fully saturated rings. The zero-order chi connectivity index (χ0) is 13.1. The summed E-state index contributed by atoms with van der Waals surface area (Å²) in [4.78, 5) is 22.5. The third-order valence-electron chi connectivity index (χ3n) is 2.17. The standard InChI is InChI=1S/C12H8FNO3S/c13-8-4-2-1-3-7(8)11(15)14-10-6-5-9(18-10)12(16)17/h1-6H,(H,14,15)(H,16,17). The predicted octanol–water partition coefficient (Wildman–Crippen LogP) is 2.84. The van der Waals surface area contributed by atoms with Gasteiger partial charge >= 0.3 is 5.97 Å². The summed E-state index contributed by atoms with van der Waals surface area (Å²) in [5.41, 5.74) is -0.0808. The molecular weight excluding hydrogens is 257 g/mol. The van der Waals surface area contributed by atoms with Crippen molar-refractivity contribution in [2.75, 3.05) is 5.32 Å². The van der Waals surface area contributed by atoms with Gasteiger partial charge < -0.3 is 10.4 Å². The third-order valence-corrected chi connectivity index (χ3v) is 3.16. The van der Waals surface area contributed by atoms with Gasteiger partial charge in [0, 0.05) is 0 Å². The number of amides is 1. The first kappa shape index (κ1) is 12.3. The minimum absolute atomic E-state index is 0.0808. The van der Waals surface area contributed by atoms with Crippen molar-refractivity contribution in [3.05, 3.63) is 52.7 Å². The van der Waals surface area contributed by atoms with Crippen LogP contribution in [-0.2, 0) is 0 Å². The molecule has 0 atom stereocenters. The first-order chi connectivity index (χ1) is 8.58. The Hall–Kier alpha value is -2.21. The van der Waals surface area contributed by atoms with E-state index in [9.17, 15) is 14.0 Å². The Morgan fingerprint density at radius 3 is 2.50 bits per heavy atom. The van der Waals surface area contributed by atoms with Crippen LogP contribution in [-0.4, -0.2) is 17.0 Å². The van der Waals surface area contributed by atoms with Gasteiger partial charge in [-0.1, -0.05) is 12.1 Å². The minimum atomic E-state index is -1.06. The molecule has 0 spiro atoms. The van der Waals surface area contributed by atoms with Crippen LogP contribution in [0.2, 0.25) is 0 Å². The molecule has 92 valence electrons. The SMILES string of the molecule is O=C(O)c1ccc(NC(=O)c2ccccc2F)s1. The number of carboxylic acid groups (broad SMARTS) is 1. The van der Waals surface area contributed by atoms with E-state index in [1.807, 2.05) is 0 Å². The lowest BCUT2D eigenvalue weighted by Gasteiger charge is -2.02. The number of hydrogen-bond donors (Lipinski definition) is 2. The van der Waals surface area contributed by atoms with Crippen LogP contribution in [0.1, 0.15) is 20.0 Å². The summed E-state index contributed by atoms with van der Waals surface area (Å²) in [5.74, 6) is -2.29. The molecule has 1 heterocycles. The number of carboxylic acids is 1. The van der Waals surface area contributed by atoms with E-state index in [-0.39, 0.29) is 10.4 Å². The highest BCUT2D eigenvalue weighted by Crippen LogP contribution is 2.22. The summed E-state index contributed by atoms with van der Waals surface area (Å²) in [6, 6.07) is 8.42. The fourth-order valence-corrected chi connectivity index (χ4v) is 2.08. The van der Waals surface area contributed by atoms with Crippen LogP contribution in [0.25, 0.3) is 0 Å². The zero-order valence-electron chi connectivity index (χ0n) is 9.01. The minimum Gasteiger partial charge on any atom is -0.477 e. The molecule has 0 unspecified atom stereocenters. The Kier molecular flexibility index (Phi) is 3.38. The Bertz CT molecular complexity index is 609.